The molecule has 1 aliphatic rings. The van der Waals surface area contributed by atoms with Gasteiger partial charge in [-0.2, -0.15) is 8.42 Å². The molecule has 0 aliphatic carbocycles. The Balaban J connectivity index is 1.59. The molecule has 0 spiro atoms. The Labute approximate surface area is 205 Å². The zero-order valence-corrected chi connectivity index (χ0v) is 20.1. The SMILES string of the molecule is COc1ccc(NC(=O)C[C@@H]2SC(=NS(=O)(=O)c3ccc(F)cc3)N(c3ccccc3)C2=O)cc1. The summed E-state index contributed by atoms with van der Waals surface area (Å²) in [6.45, 7) is 0. The van der Waals surface area contributed by atoms with Gasteiger partial charge in [0.15, 0.2) is 5.17 Å². The normalized spacial score (nSPS) is 17.0. The highest BCUT2D eigenvalue weighted by Gasteiger charge is 2.41. The van der Waals surface area contributed by atoms with Gasteiger partial charge in [0, 0.05) is 12.1 Å². The van der Waals surface area contributed by atoms with Gasteiger partial charge in [0.05, 0.1) is 17.7 Å². The molecule has 3 aromatic rings. The Morgan fingerprint density at radius 2 is 1.71 bits per heavy atom. The molecule has 1 saturated heterocycles. The standard InChI is InChI=1S/C24H20FN3O5S2/c1-33-19-11-9-17(10-12-19)26-22(29)15-21-23(30)28(18-5-3-2-4-6-18)24(34-21)27-35(31,32)20-13-7-16(25)8-14-20/h2-14,21H,15H2,1H3,(H,26,29)/t21-/m0/s1. The first-order valence-corrected chi connectivity index (χ1v) is 12.7. The van der Waals surface area contributed by atoms with Crippen LogP contribution in [0.4, 0.5) is 15.8 Å². The van der Waals surface area contributed by atoms with Crippen LogP contribution in [0.5, 0.6) is 5.75 Å². The number of carbonyl (C=O) groups is 2. The van der Waals surface area contributed by atoms with Gasteiger partial charge in [0.2, 0.25) is 11.8 Å². The fourth-order valence-electron chi connectivity index (χ4n) is 3.29. The Morgan fingerprint density at radius 1 is 1.06 bits per heavy atom. The zero-order valence-electron chi connectivity index (χ0n) is 18.4. The molecule has 1 heterocycles. The molecule has 0 bridgehead atoms. The number of thioether (sulfide) groups is 1. The van der Waals surface area contributed by atoms with Crippen molar-refractivity contribution in [1.29, 1.82) is 0 Å². The van der Waals surface area contributed by atoms with Gasteiger partial charge in [-0.05, 0) is 60.7 Å². The van der Waals surface area contributed by atoms with E-state index in [2.05, 4.69) is 9.71 Å². The third-order valence-corrected chi connectivity index (χ3v) is 7.54. The summed E-state index contributed by atoms with van der Waals surface area (Å²) >= 11 is 0.884. The first-order chi connectivity index (χ1) is 16.8. The lowest BCUT2D eigenvalue weighted by Crippen LogP contribution is -2.33. The van der Waals surface area contributed by atoms with Crippen LogP contribution in [0.25, 0.3) is 0 Å². The Kier molecular flexibility index (Phi) is 7.17. The first-order valence-electron chi connectivity index (χ1n) is 10.4. The number of ether oxygens (including phenoxy) is 1. The minimum Gasteiger partial charge on any atom is -0.497 e. The van der Waals surface area contributed by atoms with E-state index in [9.17, 15) is 22.4 Å². The number of carbonyl (C=O) groups excluding carboxylic acids is 2. The molecule has 0 unspecified atom stereocenters. The van der Waals surface area contributed by atoms with Gasteiger partial charge in [-0.25, -0.2) is 4.39 Å². The average molecular weight is 514 g/mol. The van der Waals surface area contributed by atoms with E-state index < -0.39 is 32.9 Å². The van der Waals surface area contributed by atoms with Crippen molar-refractivity contribution in [2.75, 3.05) is 17.3 Å². The van der Waals surface area contributed by atoms with E-state index in [1.165, 1.54) is 12.0 Å². The van der Waals surface area contributed by atoms with Crippen LogP contribution in [-0.2, 0) is 19.6 Å². The van der Waals surface area contributed by atoms with E-state index in [0.29, 0.717) is 17.1 Å². The zero-order chi connectivity index (χ0) is 25.0. The van der Waals surface area contributed by atoms with Gasteiger partial charge < -0.3 is 10.1 Å². The van der Waals surface area contributed by atoms with E-state index in [1.54, 1.807) is 54.6 Å². The Bertz CT molecular complexity index is 1360. The number of para-hydroxylation sites is 1. The number of hydrogen-bond donors (Lipinski definition) is 1. The predicted octanol–water partition coefficient (Wildman–Crippen LogP) is 4.06. The number of benzene rings is 3. The minimum atomic E-state index is -4.24. The van der Waals surface area contributed by atoms with Crippen molar-refractivity contribution < 1.29 is 27.1 Å². The van der Waals surface area contributed by atoms with Gasteiger partial charge in [-0.3, -0.25) is 14.5 Å². The summed E-state index contributed by atoms with van der Waals surface area (Å²) in [6, 6.07) is 19.4. The molecule has 0 radical (unpaired) electrons. The summed E-state index contributed by atoms with van der Waals surface area (Å²) in [5, 5.41) is 1.73. The second-order valence-electron chi connectivity index (χ2n) is 7.40. The van der Waals surface area contributed by atoms with E-state index in [1.807, 2.05) is 0 Å². The van der Waals surface area contributed by atoms with E-state index >= 15 is 0 Å². The second kappa shape index (κ2) is 10.3. The van der Waals surface area contributed by atoms with Gasteiger partial charge in [-0.15, -0.1) is 4.40 Å². The van der Waals surface area contributed by atoms with Gasteiger partial charge in [0.25, 0.3) is 10.0 Å². The van der Waals surface area contributed by atoms with Crippen LogP contribution in [0.15, 0.2) is 88.2 Å². The highest BCUT2D eigenvalue weighted by Crippen LogP contribution is 2.35. The number of methoxy groups -OCH3 is 1. The number of halogens is 1. The summed E-state index contributed by atoms with van der Waals surface area (Å²) in [4.78, 5) is 26.8. The third-order valence-electron chi connectivity index (χ3n) is 5.00. The highest BCUT2D eigenvalue weighted by atomic mass is 32.2. The number of amides is 2. The maximum Gasteiger partial charge on any atom is 0.284 e. The Morgan fingerprint density at radius 3 is 2.34 bits per heavy atom. The smallest absolute Gasteiger partial charge is 0.284 e. The summed E-state index contributed by atoms with van der Waals surface area (Å²) < 4.78 is 47.9. The quantitative estimate of drug-likeness (QED) is 0.511. The van der Waals surface area contributed by atoms with Crippen LogP contribution >= 0.6 is 11.8 Å². The summed E-state index contributed by atoms with van der Waals surface area (Å²) in [6.07, 6.45) is -0.200. The van der Waals surface area contributed by atoms with E-state index in [-0.39, 0.29) is 16.5 Å². The molecule has 180 valence electrons. The largest absolute Gasteiger partial charge is 0.497 e. The molecule has 0 aromatic heterocycles. The number of hydrogen-bond acceptors (Lipinski definition) is 6. The number of anilines is 2. The van der Waals surface area contributed by atoms with Crippen molar-refractivity contribution in [3.63, 3.8) is 0 Å². The molecule has 2 amide bonds. The maximum absolute atomic E-state index is 13.2. The summed E-state index contributed by atoms with van der Waals surface area (Å²) in [7, 11) is -2.71. The van der Waals surface area contributed by atoms with Gasteiger partial charge in [0.1, 0.15) is 16.8 Å². The lowest BCUT2D eigenvalue weighted by Gasteiger charge is -2.16. The van der Waals surface area contributed by atoms with Crippen LogP contribution in [-0.4, -0.2) is 37.8 Å². The second-order valence-corrected chi connectivity index (χ2v) is 10.2. The average Bonchev–Trinajstić information content (AvgIpc) is 3.13. The van der Waals surface area contributed by atoms with Crippen LogP contribution in [0.3, 0.4) is 0 Å². The molecule has 4 rings (SSSR count). The molecular weight excluding hydrogens is 493 g/mol. The first kappa shape index (κ1) is 24.4. The molecule has 1 fully saturated rings. The topological polar surface area (TPSA) is 105 Å². The van der Waals surface area contributed by atoms with Crippen molar-refractivity contribution in [2.24, 2.45) is 4.40 Å². The van der Waals surface area contributed by atoms with Crippen LogP contribution < -0.4 is 15.0 Å². The molecule has 3 aromatic carbocycles. The monoisotopic (exact) mass is 513 g/mol. The fraction of sp³-hybridized carbons (Fsp3) is 0.125. The van der Waals surface area contributed by atoms with Crippen LogP contribution in [0.2, 0.25) is 0 Å². The maximum atomic E-state index is 13.2. The van der Waals surface area contributed by atoms with Crippen LogP contribution in [0.1, 0.15) is 6.42 Å². The van der Waals surface area contributed by atoms with Crippen molar-refractivity contribution in [1.82, 2.24) is 0 Å². The molecular formula is C24H20FN3O5S2. The third kappa shape index (κ3) is 5.69. The number of amidine groups is 1. The van der Waals surface area contributed by atoms with Crippen molar-refractivity contribution >= 4 is 50.1 Å². The van der Waals surface area contributed by atoms with Crippen LogP contribution in [0, 0.1) is 5.82 Å². The van der Waals surface area contributed by atoms with Gasteiger partial charge >= 0.3 is 0 Å². The van der Waals surface area contributed by atoms with Crippen molar-refractivity contribution in [3.8, 4) is 5.75 Å². The lowest BCUT2D eigenvalue weighted by atomic mass is 10.2. The number of nitrogens with zero attached hydrogens (tertiary/aromatic N) is 2. The van der Waals surface area contributed by atoms with E-state index in [4.69, 9.17) is 4.74 Å². The summed E-state index contributed by atoms with van der Waals surface area (Å²) in [5.41, 5.74) is 0.940. The molecule has 0 saturated carbocycles. The molecule has 1 N–H and O–H groups in total. The lowest BCUT2D eigenvalue weighted by molar-refractivity contribution is -0.121. The van der Waals surface area contributed by atoms with E-state index in [0.717, 1.165) is 36.0 Å². The summed E-state index contributed by atoms with van der Waals surface area (Å²) in [5.74, 6) is -0.849. The fourth-order valence-corrected chi connectivity index (χ4v) is 5.63. The van der Waals surface area contributed by atoms with Crippen molar-refractivity contribution in [2.45, 2.75) is 16.6 Å². The number of nitrogens with one attached hydrogen (secondary N) is 1. The molecule has 35 heavy (non-hydrogen) atoms. The number of rotatable bonds is 7. The molecule has 1 aliphatic heterocycles. The Hall–Kier alpha value is -3.70. The predicted molar refractivity (Wildman–Crippen MR) is 133 cm³/mol. The minimum absolute atomic E-state index is 0.0900. The molecule has 11 heteroatoms. The molecule has 8 nitrogen and oxygen atoms in total. The van der Waals surface area contributed by atoms with Gasteiger partial charge in [-0.1, -0.05) is 30.0 Å². The molecule has 1 atom stereocenters. The highest BCUT2D eigenvalue weighted by molar-refractivity contribution is 8.16. The number of sulfonamides is 1. The van der Waals surface area contributed by atoms with Crippen molar-refractivity contribution in [3.05, 3.63) is 84.7 Å².